The fourth-order valence-corrected chi connectivity index (χ4v) is 2.66. The number of hydrogen-bond acceptors (Lipinski definition) is 3. The van der Waals surface area contributed by atoms with Crippen molar-refractivity contribution in [2.75, 3.05) is 17.2 Å². The zero-order chi connectivity index (χ0) is 18.4. The minimum atomic E-state index is -4.43. The van der Waals surface area contributed by atoms with Gasteiger partial charge in [-0.25, -0.2) is 9.18 Å². The first-order valence-corrected chi connectivity index (χ1v) is 7.91. The summed E-state index contributed by atoms with van der Waals surface area (Å²) in [5.74, 6) is -0.569. The van der Waals surface area contributed by atoms with E-state index < -0.39 is 17.4 Å². The standard InChI is InChI=1S/C16H14F4N2O2S/c17-11-5-4-10(6-7-23)14(8-11)22-15(24)21-12-2-1-3-13(9-12)25-16(18,19)20/h1-5,8-9,23H,6-7H2,(H2,21,22,24). The van der Waals surface area contributed by atoms with Gasteiger partial charge in [-0.05, 0) is 54.1 Å². The Morgan fingerprint density at radius 2 is 1.88 bits per heavy atom. The molecule has 2 rings (SSSR count). The van der Waals surface area contributed by atoms with Crippen LogP contribution < -0.4 is 10.6 Å². The molecule has 0 saturated heterocycles. The Morgan fingerprint density at radius 1 is 1.12 bits per heavy atom. The van der Waals surface area contributed by atoms with Crippen molar-refractivity contribution in [3.05, 3.63) is 53.8 Å². The number of aliphatic hydroxyl groups excluding tert-OH is 1. The van der Waals surface area contributed by atoms with Gasteiger partial charge in [0.1, 0.15) is 5.82 Å². The molecular formula is C16H14F4N2O2S. The average Bonchev–Trinajstić information content (AvgIpc) is 2.48. The van der Waals surface area contributed by atoms with Crippen molar-refractivity contribution in [3.8, 4) is 0 Å². The summed E-state index contributed by atoms with van der Waals surface area (Å²) < 4.78 is 50.5. The summed E-state index contributed by atoms with van der Waals surface area (Å²) in [6.45, 7) is -0.182. The molecule has 0 saturated carbocycles. The lowest BCUT2D eigenvalue weighted by atomic mass is 10.1. The Kier molecular flexibility index (Phi) is 6.27. The third-order valence-electron chi connectivity index (χ3n) is 3.03. The molecule has 9 heteroatoms. The monoisotopic (exact) mass is 374 g/mol. The Labute approximate surface area is 145 Å². The first kappa shape index (κ1) is 19.1. The number of rotatable bonds is 5. The van der Waals surface area contributed by atoms with E-state index in [1.54, 1.807) is 0 Å². The van der Waals surface area contributed by atoms with Crippen molar-refractivity contribution in [1.82, 2.24) is 0 Å². The van der Waals surface area contributed by atoms with Gasteiger partial charge >= 0.3 is 11.5 Å². The third-order valence-corrected chi connectivity index (χ3v) is 3.75. The predicted octanol–water partition coefficient (Wildman–Crippen LogP) is 4.62. The van der Waals surface area contributed by atoms with Crippen molar-refractivity contribution in [2.45, 2.75) is 16.8 Å². The van der Waals surface area contributed by atoms with E-state index in [1.165, 1.54) is 36.4 Å². The van der Waals surface area contributed by atoms with Gasteiger partial charge < -0.3 is 15.7 Å². The average molecular weight is 374 g/mol. The molecule has 0 aliphatic heterocycles. The highest BCUT2D eigenvalue weighted by Gasteiger charge is 2.29. The summed E-state index contributed by atoms with van der Waals surface area (Å²) in [6, 6.07) is 8.25. The molecule has 0 aromatic heterocycles. The second-order valence-electron chi connectivity index (χ2n) is 4.93. The van der Waals surface area contributed by atoms with Crippen LogP contribution in [0.5, 0.6) is 0 Å². The molecular weight excluding hydrogens is 360 g/mol. The number of aliphatic hydroxyl groups is 1. The molecule has 0 bridgehead atoms. The van der Waals surface area contributed by atoms with Crippen molar-refractivity contribution in [2.24, 2.45) is 0 Å². The molecule has 4 nitrogen and oxygen atoms in total. The molecule has 0 radical (unpaired) electrons. The second-order valence-corrected chi connectivity index (χ2v) is 6.07. The van der Waals surface area contributed by atoms with Crippen molar-refractivity contribution >= 4 is 29.2 Å². The van der Waals surface area contributed by atoms with Crippen LogP contribution in [0.1, 0.15) is 5.56 Å². The van der Waals surface area contributed by atoms with Crippen LogP contribution >= 0.6 is 11.8 Å². The van der Waals surface area contributed by atoms with E-state index in [2.05, 4.69) is 10.6 Å². The summed E-state index contributed by atoms with van der Waals surface area (Å²) in [6.07, 6.45) is 0.216. The zero-order valence-electron chi connectivity index (χ0n) is 12.7. The maximum atomic E-state index is 13.3. The van der Waals surface area contributed by atoms with Gasteiger partial charge in [0.15, 0.2) is 0 Å². The molecule has 0 heterocycles. The van der Waals surface area contributed by atoms with Crippen molar-refractivity contribution < 1.29 is 27.5 Å². The maximum Gasteiger partial charge on any atom is 0.446 e. The molecule has 0 spiro atoms. The minimum Gasteiger partial charge on any atom is -0.396 e. The van der Waals surface area contributed by atoms with Crippen LogP contribution in [0.2, 0.25) is 0 Å². The normalized spacial score (nSPS) is 11.2. The van der Waals surface area contributed by atoms with Crippen molar-refractivity contribution in [1.29, 1.82) is 0 Å². The molecule has 0 fully saturated rings. The van der Waals surface area contributed by atoms with Crippen molar-refractivity contribution in [3.63, 3.8) is 0 Å². The first-order chi connectivity index (χ1) is 11.8. The van der Waals surface area contributed by atoms with E-state index in [0.717, 1.165) is 6.07 Å². The lowest BCUT2D eigenvalue weighted by molar-refractivity contribution is -0.0328. The Morgan fingerprint density at radius 3 is 2.56 bits per heavy atom. The van der Waals surface area contributed by atoms with Gasteiger partial charge in [0.2, 0.25) is 0 Å². The SMILES string of the molecule is O=C(Nc1cccc(SC(F)(F)F)c1)Nc1cc(F)ccc1CCO. The van der Waals surface area contributed by atoms with Crippen LogP contribution in [0, 0.1) is 5.82 Å². The van der Waals surface area contributed by atoms with E-state index in [4.69, 9.17) is 5.11 Å². The maximum absolute atomic E-state index is 13.3. The van der Waals surface area contributed by atoms with E-state index in [9.17, 15) is 22.4 Å². The molecule has 2 amide bonds. The number of alkyl halides is 3. The fourth-order valence-electron chi connectivity index (χ4n) is 2.06. The number of thioether (sulfide) groups is 1. The van der Waals surface area contributed by atoms with Crippen LogP contribution in [0.15, 0.2) is 47.4 Å². The lowest BCUT2D eigenvalue weighted by Gasteiger charge is -2.12. The number of carbonyl (C=O) groups excluding carboxylic acids is 1. The molecule has 0 unspecified atom stereocenters. The smallest absolute Gasteiger partial charge is 0.396 e. The number of carbonyl (C=O) groups is 1. The van der Waals surface area contributed by atoms with Crippen LogP contribution in [0.3, 0.4) is 0 Å². The van der Waals surface area contributed by atoms with E-state index in [1.807, 2.05) is 0 Å². The summed E-state index contributed by atoms with van der Waals surface area (Å²) in [4.78, 5) is 11.9. The number of anilines is 2. The first-order valence-electron chi connectivity index (χ1n) is 7.10. The number of urea groups is 1. The minimum absolute atomic E-state index is 0.0722. The molecule has 2 aromatic carbocycles. The summed E-state index contributed by atoms with van der Waals surface area (Å²) in [7, 11) is 0. The van der Waals surface area contributed by atoms with Crippen LogP contribution in [0.4, 0.5) is 33.7 Å². The van der Waals surface area contributed by atoms with E-state index in [-0.39, 0.29) is 41.1 Å². The van der Waals surface area contributed by atoms with E-state index >= 15 is 0 Å². The Balaban J connectivity index is 2.08. The Bertz CT molecular complexity index is 753. The van der Waals surface area contributed by atoms with Gasteiger partial charge in [0.25, 0.3) is 0 Å². The van der Waals surface area contributed by atoms with Crippen LogP contribution in [-0.2, 0) is 6.42 Å². The van der Waals surface area contributed by atoms with Gasteiger partial charge in [-0.2, -0.15) is 13.2 Å². The number of hydrogen-bond donors (Lipinski definition) is 3. The number of amides is 2. The quantitative estimate of drug-likeness (QED) is 0.529. The van der Waals surface area contributed by atoms with Gasteiger partial charge in [-0.3, -0.25) is 0 Å². The topological polar surface area (TPSA) is 61.4 Å². The molecule has 2 aromatic rings. The summed E-state index contributed by atoms with van der Waals surface area (Å²) in [5, 5.41) is 13.8. The molecule has 134 valence electrons. The molecule has 3 N–H and O–H groups in total. The number of halogens is 4. The summed E-state index contributed by atoms with van der Waals surface area (Å²) in [5.41, 5.74) is -3.57. The second kappa shape index (κ2) is 8.21. The number of benzene rings is 2. The van der Waals surface area contributed by atoms with Crippen LogP contribution in [0.25, 0.3) is 0 Å². The lowest BCUT2D eigenvalue weighted by Crippen LogP contribution is -2.20. The van der Waals surface area contributed by atoms with Gasteiger partial charge in [0, 0.05) is 22.9 Å². The fraction of sp³-hybridized carbons (Fsp3) is 0.188. The van der Waals surface area contributed by atoms with Gasteiger partial charge in [-0.1, -0.05) is 12.1 Å². The molecule has 25 heavy (non-hydrogen) atoms. The van der Waals surface area contributed by atoms with Gasteiger partial charge in [-0.15, -0.1) is 0 Å². The molecule has 0 aliphatic rings. The highest BCUT2D eigenvalue weighted by molar-refractivity contribution is 8.00. The predicted molar refractivity (Wildman–Crippen MR) is 88.2 cm³/mol. The summed E-state index contributed by atoms with van der Waals surface area (Å²) >= 11 is -0.292. The highest BCUT2D eigenvalue weighted by atomic mass is 32.2. The van der Waals surface area contributed by atoms with E-state index in [0.29, 0.717) is 5.56 Å². The largest absolute Gasteiger partial charge is 0.446 e. The number of nitrogens with one attached hydrogen (secondary N) is 2. The highest BCUT2D eigenvalue weighted by Crippen LogP contribution is 2.37. The molecule has 0 aliphatic carbocycles. The Hall–Kier alpha value is -2.26. The van der Waals surface area contributed by atoms with Crippen LogP contribution in [-0.4, -0.2) is 23.3 Å². The third kappa shape index (κ3) is 6.28. The van der Waals surface area contributed by atoms with Gasteiger partial charge in [0.05, 0.1) is 0 Å². The zero-order valence-corrected chi connectivity index (χ0v) is 13.5. The molecule has 0 atom stereocenters.